The van der Waals surface area contributed by atoms with Crippen molar-refractivity contribution in [1.29, 1.82) is 0 Å². The normalized spacial score (nSPS) is 10.6. The third-order valence-corrected chi connectivity index (χ3v) is 4.60. The summed E-state index contributed by atoms with van der Waals surface area (Å²) in [5.74, 6) is -0.911. The molecule has 3 aromatic rings. The lowest BCUT2D eigenvalue weighted by Gasteiger charge is -2.07. The molecule has 0 aliphatic rings. The van der Waals surface area contributed by atoms with E-state index in [1.54, 1.807) is 35.9 Å². The molecule has 0 amide bonds. The van der Waals surface area contributed by atoms with Crippen molar-refractivity contribution < 1.29 is 14.3 Å². The number of hydrogen-bond acceptors (Lipinski definition) is 4. The number of esters is 1. The predicted octanol–water partition coefficient (Wildman–Crippen LogP) is 4.24. The van der Waals surface area contributed by atoms with E-state index in [2.05, 4.69) is 5.10 Å². The predicted molar refractivity (Wildman–Crippen MR) is 103 cm³/mol. The fraction of sp³-hybridized carbons (Fsp3) is 0.190. The van der Waals surface area contributed by atoms with Crippen LogP contribution in [0.5, 0.6) is 0 Å². The summed E-state index contributed by atoms with van der Waals surface area (Å²) >= 11 is 6.01. The number of hydrogen-bond donors (Lipinski definition) is 0. The number of benzene rings is 2. The van der Waals surface area contributed by atoms with Crippen LogP contribution >= 0.6 is 11.6 Å². The summed E-state index contributed by atoms with van der Waals surface area (Å²) in [6.45, 7) is 3.75. The molecular formula is C21H19ClN2O3. The Hall–Kier alpha value is -2.92. The minimum Gasteiger partial charge on any atom is -0.454 e. The number of carbonyl (C=O) groups excluding carboxylic acids is 2. The van der Waals surface area contributed by atoms with Gasteiger partial charge in [0.05, 0.1) is 23.0 Å². The molecule has 0 aliphatic carbocycles. The molecule has 0 radical (unpaired) electrons. The van der Waals surface area contributed by atoms with Gasteiger partial charge >= 0.3 is 5.97 Å². The van der Waals surface area contributed by atoms with Gasteiger partial charge in [0.15, 0.2) is 6.61 Å². The first-order valence-corrected chi connectivity index (χ1v) is 8.88. The number of aromatic nitrogens is 2. The molecule has 3 rings (SSSR count). The fourth-order valence-electron chi connectivity index (χ4n) is 2.87. The maximum Gasteiger partial charge on any atom is 0.342 e. The zero-order valence-corrected chi connectivity index (χ0v) is 15.9. The van der Waals surface area contributed by atoms with Crippen molar-refractivity contribution in [2.24, 2.45) is 0 Å². The van der Waals surface area contributed by atoms with Gasteiger partial charge in [0.25, 0.3) is 0 Å². The number of Topliss-reactive ketones (excluding diaryl/α,β-unsaturated/α-hetero) is 1. The molecule has 0 spiro atoms. The lowest BCUT2D eigenvalue weighted by atomic mass is 10.1. The van der Waals surface area contributed by atoms with Crippen LogP contribution in [0, 0.1) is 13.8 Å². The maximum absolute atomic E-state index is 12.5. The first-order chi connectivity index (χ1) is 13.0. The van der Waals surface area contributed by atoms with E-state index in [-0.39, 0.29) is 12.4 Å². The van der Waals surface area contributed by atoms with Gasteiger partial charge < -0.3 is 4.74 Å². The van der Waals surface area contributed by atoms with Gasteiger partial charge in [-0.25, -0.2) is 4.79 Å². The van der Waals surface area contributed by atoms with Crippen LogP contribution in [0.25, 0.3) is 0 Å². The molecule has 6 heteroatoms. The molecule has 5 nitrogen and oxygen atoms in total. The highest BCUT2D eigenvalue weighted by molar-refractivity contribution is 6.34. The average Bonchev–Trinajstić information content (AvgIpc) is 2.94. The Morgan fingerprint density at radius 3 is 2.41 bits per heavy atom. The Labute approximate surface area is 162 Å². The summed E-state index contributed by atoms with van der Waals surface area (Å²) in [5.41, 5.74) is 3.07. The van der Waals surface area contributed by atoms with E-state index in [9.17, 15) is 9.59 Å². The van der Waals surface area contributed by atoms with E-state index in [4.69, 9.17) is 16.3 Å². The lowest BCUT2D eigenvalue weighted by molar-refractivity contribution is 0.0473. The highest BCUT2D eigenvalue weighted by atomic mass is 35.5. The number of halogens is 1. The SMILES string of the molecule is Cc1nn(Cc2ccccc2)c(C)c1C(=O)OCC(=O)c1ccccc1Cl. The molecule has 0 unspecified atom stereocenters. The van der Waals surface area contributed by atoms with Crippen molar-refractivity contribution in [3.05, 3.63) is 87.7 Å². The number of carbonyl (C=O) groups is 2. The lowest BCUT2D eigenvalue weighted by Crippen LogP contribution is -2.16. The molecule has 138 valence electrons. The van der Waals surface area contributed by atoms with E-state index in [1.807, 2.05) is 37.3 Å². The minimum atomic E-state index is -0.565. The second kappa shape index (κ2) is 8.18. The molecule has 0 aliphatic heterocycles. The van der Waals surface area contributed by atoms with Crippen molar-refractivity contribution >= 4 is 23.4 Å². The topological polar surface area (TPSA) is 61.2 Å². The van der Waals surface area contributed by atoms with Crippen molar-refractivity contribution in [3.8, 4) is 0 Å². The van der Waals surface area contributed by atoms with E-state index < -0.39 is 5.97 Å². The zero-order valence-electron chi connectivity index (χ0n) is 15.1. The Morgan fingerprint density at radius 1 is 1.04 bits per heavy atom. The van der Waals surface area contributed by atoms with E-state index in [0.717, 1.165) is 5.56 Å². The molecule has 1 aromatic heterocycles. The molecule has 27 heavy (non-hydrogen) atoms. The van der Waals surface area contributed by atoms with Crippen molar-refractivity contribution in [2.75, 3.05) is 6.61 Å². The van der Waals surface area contributed by atoms with Crippen molar-refractivity contribution in [3.63, 3.8) is 0 Å². The van der Waals surface area contributed by atoms with Crippen molar-refractivity contribution in [2.45, 2.75) is 20.4 Å². The van der Waals surface area contributed by atoms with Crippen LogP contribution < -0.4 is 0 Å². The molecular weight excluding hydrogens is 364 g/mol. The molecule has 0 fully saturated rings. The Bertz CT molecular complexity index is 980. The van der Waals surface area contributed by atoms with Crippen LogP contribution in [0.1, 0.15) is 37.7 Å². The summed E-state index contributed by atoms with van der Waals surface area (Å²) < 4.78 is 6.99. The number of ketones is 1. The number of aryl methyl sites for hydroxylation is 1. The Balaban J connectivity index is 1.72. The molecule has 1 heterocycles. The van der Waals surface area contributed by atoms with Crippen molar-refractivity contribution in [1.82, 2.24) is 9.78 Å². The van der Waals surface area contributed by atoms with Gasteiger partial charge in [-0.2, -0.15) is 5.10 Å². The Morgan fingerprint density at radius 2 is 1.70 bits per heavy atom. The molecule has 2 aromatic carbocycles. The van der Waals surface area contributed by atoms with Gasteiger partial charge in [-0.15, -0.1) is 0 Å². The van der Waals surface area contributed by atoms with Crippen LogP contribution in [0.15, 0.2) is 54.6 Å². The summed E-state index contributed by atoms with van der Waals surface area (Å²) in [6.07, 6.45) is 0. The summed E-state index contributed by atoms with van der Waals surface area (Å²) in [4.78, 5) is 24.7. The fourth-order valence-corrected chi connectivity index (χ4v) is 3.11. The van der Waals surface area contributed by atoms with Gasteiger partial charge in [0, 0.05) is 5.56 Å². The van der Waals surface area contributed by atoms with Gasteiger partial charge in [-0.1, -0.05) is 54.1 Å². The maximum atomic E-state index is 12.5. The second-order valence-electron chi connectivity index (χ2n) is 6.17. The minimum absolute atomic E-state index is 0.334. The first kappa shape index (κ1) is 18.9. The second-order valence-corrected chi connectivity index (χ2v) is 6.58. The zero-order chi connectivity index (χ0) is 19.4. The molecule has 0 atom stereocenters. The smallest absolute Gasteiger partial charge is 0.342 e. The third kappa shape index (κ3) is 4.26. The van der Waals surface area contributed by atoms with E-state index in [1.165, 1.54) is 0 Å². The summed E-state index contributed by atoms with van der Waals surface area (Å²) in [6, 6.07) is 16.5. The third-order valence-electron chi connectivity index (χ3n) is 4.27. The largest absolute Gasteiger partial charge is 0.454 e. The Kier molecular flexibility index (Phi) is 5.72. The first-order valence-electron chi connectivity index (χ1n) is 8.50. The summed E-state index contributed by atoms with van der Waals surface area (Å²) in [7, 11) is 0. The quantitative estimate of drug-likeness (QED) is 0.472. The highest BCUT2D eigenvalue weighted by Gasteiger charge is 2.21. The van der Waals surface area contributed by atoms with Crippen LogP contribution in [0.4, 0.5) is 0 Å². The van der Waals surface area contributed by atoms with Crippen LogP contribution in [-0.2, 0) is 11.3 Å². The van der Waals surface area contributed by atoms with Gasteiger partial charge in [0.1, 0.15) is 5.56 Å². The average molecular weight is 383 g/mol. The molecule has 0 bridgehead atoms. The van der Waals surface area contributed by atoms with Gasteiger partial charge in [-0.3, -0.25) is 9.48 Å². The van der Waals surface area contributed by atoms with E-state index >= 15 is 0 Å². The molecule has 0 saturated heterocycles. The molecule has 0 N–H and O–H groups in total. The van der Waals surface area contributed by atoms with Gasteiger partial charge in [-0.05, 0) is 31.5 Å². The standard InChI is InChI=1S/C21H19ClN2O3/c1-14-20(15(2)24(23-14)12-16-8-4-3-5-9-16)21(26)27-13-19(25)17-10-6-7-11-18(17)22/h3-11H,12-13H2,1-2H3. The van der Waals surface area contributed by atoms with Crippen LogP contribution in [0.3, 0.4) is 0 Å². The molecule has 0 saturated carbocycles. The monoisotopic (exact) mass is 382 g/mol. The number of ether oxygens (including phenoxy) is 1. The summed E-state index contributed by atoms with van der Waals surface area (Å²) in [5, 5.41) is 4.77. The van der Waals surface area contributed by atoms with Crippen LogP contribution in [-0.4, -0.2) is 28.1 Å². The number of nitrogens with zero attached hydrogens (tertiary/aromatic N) is 2. The number of rotatable bonds is 6. The van der Waals surface area contributed by atoms with E-state index in [0.29, 0.717) is 34.1 Å². The van der Waals surface area contributed by atoms with Gasteiger partial charge in [0.2, 0.25) is 5.78 Å². The highest BCUT2D eigenvalue weighted by Crippen LogP contribution is 2.18. The van der Waals surface area contributed by atoms with Crippen LogP contribution in [0.2, 0.25) is 5.02 Å².